The third-order valence-electron chi connectivity index (χ3n) is 9.95. The van der Waals surface area contributed by atoms with Gasteiger partial charge in [-0.3, -0.25) is 0 Å². The fourth-order valence-corrected chi connectivity index (χ4v) is 8.32. The smallest absolute Gasteiger partial charge is 0.0563 e. The Morgan fingerprint density at radius 1 is 0.839 bits per heavy atom. The normalized spacial score (nSPS) is 42.2. The van der Waals surface area contributed by atoms with Gasteiger partial charge < -0.3 is 10.2 Å². The molecule has 0 spiro atoms. The van der Waals surface area contributed by atoms with E-state index in [9.17, 15) is 10.2 Å². The number of hydrogen-bond acceptors (Lipinski definition) is 2. The maximum atomic E-state index is 10.2. The molecule has 2 heteroatoms. The molecule has 9 unspecified atom stereocenters. The fourth-order valence-electron chi connectivity index (χ4n) is 8.32. The first-order chi connectivity index (χ1) is 14.9. The van der Waals surface area contributed by atoms with Crippen LogP contribution in [0, 0.1) is 46.8 Å². The molecule has 0 aromatic rings. The van der Waals surface area contributed by atoms with E-state index < -0.39 is 0 Å². The molecule has 184 valence electrons. The van der Waals surface area contributed by atoms with E-state index in [1.165, 1.54) is 57.8 Å². The van der Waals surface area contributed by atoms with Crippen LogP contribution in [0.4, 0.5) is 0 Å². The molecule has 0 aromatic carbocycles. The number of aliphatic hydroxyl groups excluding tert-OH is 2. The molecule has 0 radical (unpaired) electrons. The minimum atomic E-state index is -0.109. The van der Waals surface area contributed by atoms with Gasteiger partial charge in [0, 0.05) is 0 Å². The SMILES string of the molecule is CC.CC.CC(C)C(O)CCCC1CCC2C3CCC4CC(O)CCC4C3CCC12C. The van der Waals surface area contributed by atoms with Gasteiger partial charge in [0.25, 0.3) is 0 Å². The monoisotopic (exact) mass is 436 g/mol. The van der Waals surface area contributed by atoms with Crippen molar-refractivity contribution < 1.29 is 10.2 Å². The lowest BCUT2D eigenvalue weighted by Crippen LogP contribution is -2.49. The molecule has 0 aromatic heterocycles. The van der Waals surface area contributed by atoms with Gasteiger partial charge in [-0.25, -0.2) is 0 Å². The van der Waals surface area contributed by atoms with Gasteiger partial charge in [0.2, 0.25) is 0 Å². The highest BCUT2D eigenvalue weighted by atomic mass is 16.3. The highest BCUT2D eigenvalue weighted by molar-refractivity contribution is 5.06. The van der Waals surface area contributed by atoms with Crippen molar-refractivity contribution in [1.82, 2.24) is 0 Å². The van der Waals surface area contributed by atoms with Crippen LogP contribution in [-0.2, 0) is 0 Å². The van der Waals surface area contributed by atoms with Gasteiger partial charge in [0.1, 0.15) is 0 Å². The summed E-state index contributed by atoms with van der Waals surface area (Å²) in [4.78, 5) is 0. The predicted molar refractivity (Wildman–Crippen MR) is 134 cm³/mol. The fraction of sp³-hybridized carbons (Fsp3) is 1.00. The molecule has 9 atom stereocenters. The summed E-state index contributed by atoms with van der Waals surface area (Å²) < 4.78 is 0. The van der Waals surface area contributed by atoms with E-state index in [0.29, 0.717) is 11.3 Å². The number of aliphatic hydroxyl groups is 2. The molecule has 4 saturated carbocycles. The summed E-state index contributed by atoms with van der Waals surface area (Å²) >= 11 is 0. The quantitative estimate of drug-likeness (QED) is 0.460. The second-order valence-corrected chi connectivity index (χ2v) is 11.5. The Hall–Kier alpha value is -0.0800. The molecular formula is C29H56O2. The summed E-state index contributed by atoms with van der Waals surface area (Å²) in [5, 5.41) is 20.3. The summed E-state index contributed by atoms with van der Waals surface area (Å²) in [7, 11) is 0. The third kappa shape index (κ3) is 5.89. The Morgan fingerprint density at radius 2 is 1.52 bits per heavy atom. The molecule has 2 nitrogen and oxygen atoms in total. The zero-order valence-electron chi connectivity index (χ0n) is 22.1. The van der Waals surface area contributed by atoms with E-state index in [0.717, 1.165) is 54.8 Å². The Morgan fingerprint density at radius 3 is 2.19 bits per heavy atom. The van der Waals surface area contributed by atoms with Gasteiger partial charge in [0.05, 0.1) is 12.2 Å². The van der Waals surface area contributed by atoms with Crippen LogP contribution in [0.25, 0.3) is 0 Å². The molecule has 0 amide bonds. The minimum absolute atomic E-state index is 0.00583. The van der Waals surface area contributed by atoms with Crippen LogP contribution in [0.2, 0.25) is 0 Å². The summed E-state index contributed by atoms with van der Waals surface area (Å²) in [6, 6.07) is 0. The van der Waals surface area contributed by atoms with Gasteiger partial charge in [0.15, 0.2) is 0 Å². The van der Waals surface area contributed by atoms with Crippen LogP contribution in [0.15, 0.2) is 0 Å². The molecule has 4 fully saturated rings. The van der Waals surface area contributed by atoms with E-state index in [1.807, 2.05) is 27.7 Å². The standard InChI is InChI=1S/C25H44O2.2C2H6/c1-16(2)24(27)6-4-5-18-8-12-23-22-10-7-17-15-19(26)9-11-20(17)21(22)13-14-25(18,23)3;2*1-2/h16-24,26-27H,4-15H2,1-3H3;2*1-2H3. The highest BCUT2D eigenvalue weighted by Crippen LogP contribution is 2.64. The van der Waals surface area contributed by atoms with Crippen molar-refractivity contribution in [3.63, 3.8) is 0 Å². The summed E-state index contributed by atoms with van der Waals surface area (Å²) in [5.41, 5.74) is 0.574. The average molecular weight is 437 g/mol. The van der Waals surface area contributed by atoms with E-state index in [-0.39, 0.29) is 12.2 Å². The third-order valence-corrected chi connectivity index (χ3v) is 9.95. The van der Waals surface area contributed by atoms with Crippen LogP contribution in [0.1, 0.15) is 126 Å². The van der Waals surface area contributed by atoms with E-state index in [4.69, 9.17) is 0 Å². The molecule has 0 bridgehead atoms. The second kappa shape index (κ2) is 12.4. The van der Waals surface area contributed by atoms with Crippen molar-refractivity contribution in [3.8, 4) is 0 Å². The average Bonchev–Trinajstić information content (AvgIpc) is 3.12. The first-order valence-electron chi connectivity index (χ1n) is 14.3. The van der Waals surface area contributed by atoms with Gasteiger partial charge in [-0.15, -0.1) is 0 Å². The Balaban J connectivity index is 0.000000807. The zero-order valence-corrected chi connectivity index (χ0v) is 22.1. The lowest BCUT2D eigenvalue weighted by atomic mass is 9.49. The molecule has 0 aliphatic heterocycles. The lowest BCUT2D eigenvalue weighted by Gasteiger charge is -2.56. The van der Waals surface area contributed by atoms with E-state index in [1.54, 1.807) is 0 Å². The van der Waals surface area contributed by atoms with Gasteiger partial charge in [-0.2, -0.15) is 0 Å². The first-order valence-corrected chi connectivity index (χ1v) is 14.3. The molecule has 31 heavy (non-hydrogen) atoms. The minimum Gasteiger partial charge on any atom is -0.393 e. The molecule has 4 aliphatic rings. The lowest BCUT2D eigenvalue weighted by molar-refractivity contribution is -0.0780. The maximum absolute atomic E-state index is 10.2. The van der Waals surface area contributed by atoms with Gasteiger partial charge >= 0.3 is 0 Å². The molecule has 4 rings (SSSR count). The van der Waals surface area contributed by atoms with Crippen LogP contribution in [-0.4, -0.2) is 22.4 Å². The van der Waals surface area contributed by atoms with Crippen LogP contribution >= 0.6 is 0 Å². The van der Waals surface area contributed by atoms with E-state index >= 15 is 0 Å². The predicted octanol–water partition coefficient (Wildman–Crippen LogP) is 7.86. The number of fused-ring (bicyclic) bond motifs is 5. The van der Waals surface area contributed by atoms with Crippen molar-refractivity contribution in [3.05, 3.63) is 0 Å². The number of hydrogen-bond donors (Lipinski definition) is 2. The largest absolute Gasteiger partial charge is 0.393 e. The topological polar surface area (TPSA) is 40.5 Å². The zero-order chi connectivity index (χ0) is 23.2. The van der Waals surface area contributed by atoms with Crippen molar-refractivity contribution >= 4 is 0 Å². The molecule has 0 heterocycles. The van der Waals surface area contributed by atoms with Gasteiger partial charge in [-0.1, -0.05) is 54.9 Å². The summed E-state index contributed by atoms with van der Waals surface area (Å²) in [6.07, 6.45) is 15.5. The van der Waals surface area contributed by atoms with Crippen molar-refractivity contribution in [2.24, 2.45) is 46.8 Å². The van der Waals surface area contributed by atoms with Crippen LogP contribution in [0.3, 0.4) is 0 Å². The van der Waals surface area contributed by atoms with Crippen molar-refractivity contribution in [1.29, 1.82) is 0 Å². The first kappa shape index (κ1) is 27.2. The second-order valence-electron chi connectivity index (χ2n) is 11.5. The van der Waals surface area contributed by atoms with Crippen molar-refractivity contribution in [2.45, 2.75) is 138 Å². The molecule has 0 saturated heterocycles. The number of rotatable bonds is 5. The Labute approximate surface area is 195 Å². The summed E-state index contributed by atoms with van der Waals surface area (Å²) in [6.45, 7) is 14.9. The molecular weight excluding hydrogens is 380 g/mol. The van der Waals surface area contributed by atoms with E-state index in [2.05, 4.69) is 20.8 Å². The van der Waals surface area contributed by atoms with Crippen LogP contribution < -0.4 is 0 Å². The van der Waals surface area contributed by atoms with Crippen molar-refractivity contribution in [2.75, 3.05) is 0 Å². The molecule has 4 aliphatic carbocycles. The highest BCUT2D eigenvalue weighted by Gasteiger charge is 2.56. The molecule has 2 N–H and O–H groups in total. The Bertz CT molecular complexity index is 503. The Kier molecular flexibility index (Phi) is 10.9. The maximum Gasteiger partial charge on any atom is 0.0563 e. The van der Waals surface area contributed by atoms with Crippen LogP contribution in [0.5, 0.6) is 0 Å². The summed E-state index contributed by atoms with van der Waals surface area (Å²) in [5.74, 6) is 5.96. The van der Waals surface area contributed by atoms with Gasteiger partial charge in [-0.05, 0) is 117 Å².